The third kappa shape index (κ3) is 6.01. The van der Waals surface area contributed by atoms with Gasteiger partial charge in [0.2, 0.25) is 5.91 Å². The van der Waals surface area contributed by atoms with Crippen molar-refractivity contribution < 1.29 is 29.3 Å². The van der Waals surface area contributed by atoms with Crippen molar-refractivity contribution in [3.05, 3.63) is 12.2 Å². The fraction of sp³-hybridized carbons (Fsp3) is 0.875. The minimum Gasteiger partial charge on any atom is -0.481 e. The highest BCUT2D eigenvalue weighted by Crippen LogP contribution is 2.78. The van der Waals surface area contributed by atoms with Gasteiger partial charge >= 0.3 is 11.9 Å². The first-order valence-corrected chi connectivity index (χ1v) is 18.7. The molecule has 0 saturated heterocycles. The van der Waals surface area contributed by atoms with Crippen LogP contribution < -0.4 is 5.32 Å². The van der Waals surface area contributed by atoms with Crippen LogP contribution in [0.5, 0.6) is 0 Å². The van der Waals surface area contributed by atoms with Crippen LogP contribution in [-0.2, 0) is 19.1 Å². The number of aliphatic hydroxyl groups is 1. The maximum atomic E-state index is 13.2. The lowest BCUT2D eigenvalue weighted by atomic mass is 9.32. The van der Waals surface area contributed by atoms with E-state index in [0.29, 0.717) is 42.6 Å². The number of fused-ring (bicyclic) bond motifs is 7. The topological polar surface area (TPSA) is 113 Å². The normalized spacial score (nSPS) is 42.2. The third-order valence-corrected chi connectivity index (χ3v) is 15.7. The van der Waals surface area contributed by atoms with Gasteiger partial charge in [-0.2, -0.15) is 0 Å². The third-order valence-electron chi connectivity index (χ3n) is 15.7. The Kier molecular flexibility index (Phi) is 9.65. The van der Waals surface area contributed by atoms with Crippen LogP contribution in [0.25, 0.3) is 0 Å². The first-order valence-electron chi connectivity index (χ1n) is 18.7. The fourth-order valence-corrected chi connectivity index (χ4v) is 13.4. The maximum Gasteiger partial charge on any atom is 0.306 e. The number of carbonyl (C=O) groups is 3. The molecule has 3 N–H and O–H groups in total. The molecule has 5 fully saturated rings. The lowest BCUT2D eigenvalue weighted by Gasteiger charge is -2.73. The molecule has 0 aromatic carbocycles. The number of ether oxygens (including phenoxy) is 1. The Morgan fingerprint density at radius 1 is 0.872 bits per heavy atom. The number of amides is 1. The number of nitrogens with one attached hydrogen (secondary N) is 1. The maximum absolute atomic E-state index is 13.2. The van der Waals surface area contributed by atoms with Crippen molar-refractivity contribution in [1.82, 2.24) is 5.32 Å². The lowest BCUT2D eigenvalue weighted by Crippen LogP contribution is -2.67. The van der Waals surface area contributed by atoms with Crippen molar-refractivity contribution in [2.75, 3.05) is 13.2 Å². The van der Waals surface area contributed by atoms with Crippen molar-refractivity contribution in [2.45, 2.75) is 145 Å². The summed E-state index contributed by atoms with van der Waals surface area (Å²) >= 11 is 0. The van der Waals surface area contributed by atoms with Crippen molar-refractivity contribution >= 4 is 17.8 Å². The highest BCUT2D eigenvalue weighted by atomic mass is 16.5. The molecule has 5 rings (SSSR count). The minimum absolute atomic E-state index is 0.0145. The molecular weight excluding hydrogens is 590 g/mol. The van der Waals surface area contributed by atoms with Crippen LogP contribution in [0, 0.1) is 62.1 Å². The molecule has 266 valence electrons. The zero-order valence-corrected chi connectivity index (χ0v) is 30.8. The second-order valence-electron chi connectivity index (χ2n) is 19.0. The van der Waals surface area contributed by atoms with Gasteiger partial charge in [-0.1, -0.05) is 60.6 Å². The van der Waals surface area contributed by atoms with Gasteiger partial charge < -0.3 is 20.3 Å². The first kappa shape index (κ1) is 36.4. The second kappa shape index (κ2) is 12.5. The predicted molar refractivity (Wildman–Crippen MR) is 184 cm³/mol. The summed E-state index contributed by atoms with van der Waals surface area (Å²) < 4.78 is 6.25. The van der Waals surface area contributed by atoms with Crippen LogP contribution in [0.15, 0.2) is 12.2 Å². The number of allylic oxidation sites excluding steroid dienone is 1. The summed E-state index contributed by atoms with van der Waals surface area (Å²) in [6.07, 6.45) is 11.5. The molecule has 0 aromatic heterocycles. The molecule has 0 unspecified atom stereocenters. The summed E-state index contributed by atoms with van der Waals surface area (Å²) in [4.78, 5) is 37.7. The van der Waals surface area contributed by atoms with E-state index in [1.807, 2.05) is 13.8 Å². The highest BCUT2D eigenvalue weighted by Gasteiger charge is 2.71. The van der Waals surface area contributed by atoms with Crippen LogP contribution >= 0.6 is 0 Å². The molecule has 5 aliphatic rings. The fourth-order valence-electron chi connectivity index (χ4n) is 13.4. The number of hydrogen-bond acceptors (Lipinski definition) is 5. The van der Waals surface area contributed by atoms with Crippen molar-refractivity contribution in [1.29, 1.82) is 0 Å². The number of esters is 1. The van der Waals surface area contributed by atoms with Gasteiger partial charge in [-0.05, 0) is 128 Å². The zero-order valence-electron chi connectivity index (χ0n) is 30.8. The number of hydrogen-bond donors (Lipinski definition) is 3. The molecular formula is C40H65NO6. The second-order valence-corrected chi connectivity index (χ2v) is 19.0. The Morgan fingerprint density at radius 3 is 2.21 bits per heavy atom. The molecule has 0 aliphatic heterocycles. The van der Waals surface area contributed by atoms with Gasteiger partial charge in [-0.15, -0.1) is 0 Å². The van der Waals surface area contributed by atoms with E-state index in [2.05, 4.69) is 53.4 Å². The molecule has 47 heavy (non-hydrogen) atoms. The van der Waals surface area contributed by atoms with Gasteiger partial charge in [0.15, 0.2) is 0 Å². The predicted octanol–water partition coefficient (Wildman–Crippen LogP) is 7.95. The van der Waals surface area contributed by atoms with E-state index < -0.39 is 11.4 Å². The van der Waals surface area contributed by atoms with Crippen LogP contribution in [0.4, 0.5) is 0 Å². The Hall–Kier alpha value is -1.89. The lowest BCUT2D eigenvalue weighted by molar-refractivity contribution is -0.250. The van der Waals surface area contributed by atoms with Gasteiger partial charge in [-0.25, -0.2) is 0 Å². The summed E-state index contributed by atoms with van der Waals surface area (Å²) in [5.74, 6) is 1.46. The van der Waals surface area contributed by atoms with Crippen LogP contribution in [0.1, 0.15) is 139 Å². The number of carbonyl (C=O) groups excluding carboxylic acids is 2. The Labute approximate surface area is 284 Å². The monoisotopic (exact) mass is 655 g/mol. The molecule has 10 atom stereocenters. The summed E-state index contributed by atoms with van der Waals surface area (Å²) in [6.45, 7) is 23.1. The molecule has 0 radical (unpaired) electrons. The smallest absolute Gasteiger partial charge is 0.306 e. The molecule has 0 bridgehead atoms. The van der Waals surface area contributed by atoms with E-state index in [9.17, 15) is 24.6 Å². The van der Waals surface area contributed by atoms with Crippen LogP contribution in [0.2, 0.25) is 0 Å². The Morgan fingerprint density at radius 2 is 1.57 bits per heavy atom. The van der Waals surface area contributed by atoms with Crippen molar-refractivity contribution in [2.24, 2.45) is 62.1 Å². The highest BCUT2D eigenvalue weighted by molar-refractivity contribution is 5.77. The van der Waals surface area contributed by atoms with Crippen molar-refractivity contribution in [3.8, 4) is 0 Å². The van der Waals surface area contributed by atoms with Gasteiger partial charge in [0, 0.05) is 18.4 Å². The average Bonchev–Trinajstić information content (AvgIpc) is 3.32. The molecule has 5 saturated carbocycles. The molecule has 0 aromatic rings. The number of rotatable bonds is 10. The van der Waals surface area contributed by atoms with E-state index >= 15 is 0 Å². The summed E-state index contributed by atoms with van der Waals surface area (Å²) in [7, 11) is 0. The van der Waals surface area contributed by atoms with E-state index in [-0.39, 0.29) is 64.5 Å². The summed E-state index contributed by atoms with van der Waals surface area (Å²) in [5, 5.41) is 21.6. The number of aliphatic hydroxyl groups excluding tert-OH is 1. The quantitative estimate of drug-likeness (QED) is 0.163. The molecule has 0 spiro atoms. The molecule has 0 heterocycles. The van der Waals surface area contributed by atoms with Gasteiger partial charge in [0.1, 0.15) is 6.10 Å². The molecule has 1 amide bonds. The van der Waals surface area contributed by atoms with E-state index in [1.165, 1.54) is 24.8 Å². The SMILES string of the molecule is C=C(C)[C@@H]1CC[C@]2(CC(=O)NCCO)CC[C@]3(C)[C@H](CC[C@@H]4[C@@]5(C)CC[C@H](OC(=O)CC(C)(C)CC(=O)O)C(C)(C)[C@@H]5CC[C@]43C)[C@@H]12. The van der Waals surface area contributed by atoms with Crippen LogP contribution in [-0.4, -0.2) is 47.3 Å². The Balaban J connectivity index is 1.39. The number of carboxylic acid groups (broad SMARTS) is 1. The zero-order chi connectivity index (χ0) is 34.8. The number of aliphatic carboxylic acids is 1. The van der Waals surface area contributed by atoms with E-state index in [1.54, 1.807) is 0 Å². The standard InChI is InChI=1S/C40H65NO6/c1-25(2)26-12-17-40(22-31(43)41-20-21-42)19-18-38(8)27(34(26)40)10-11-29-37(7)15-14-30(36(5,6)28(37)13-16-39(29,38)9)47-33(46)24-35(3,4)23-32(44)45/h26-30,34,42H,1,10-24H2,2-9H3,(H,41,43)(H,44,45)/t26-,27+,28-,29+,30-,34+,37-,38+,39+,40+/m0/s1. The van der Waals surface area contributed by atoms with E-state index in [0.717, 1.165) is 44.9 Å². The van der Waals surface area contributed by atoms with Gasteiger partial charge in [0.25, 0.3) is 0 Å². The molecule has 5 aliphatic carbocycles. The van der Waals surface area contributed by atoms with Gasteiger partial charge in [-0.3, -0.25) is 14.4 Å². The summed E-state index contributed by atoms with van der Waals surface area (Å²) in [5.41, 5.74) is 1.01. The average molecular weight is 656 g/mol. The largest absolute Gasteiger partial charge is 0.481 e. The summed E-state index contributed by atoms with van der Waals surface area (Å²) in [6, 6.07) is 0. The van der Waals surface area contributed by atoms with Crippen molar-refractivity contribution in [3.63, 3.8) is 0 Å². The Bertz CT molecular complexity index is 1260. The minimum atomic E-state index is -0.888. The molecule has 7 nitrogen and oxygen atoms in total. The number of carboxylic acids is 1. The molecule has 7 heteroatoms. The first-order chi connectivity index (χ1) is 21.8. The van der Waals surface area contributed by atoms with Crippen LogP contribution in [0.3, 0.4) is 0 Å². The van der Waals surface area contributed by atoms with E-state index in [4.69, 9.17) is 4.74 Å². The van der Waals surface area contributed by atoms with Gasteiger partial charge in [0.05, 0.1) is 19.4 Å².